The lowest BCUT2D eigenvalue weighted by Crippen LogP contribution is -2.55. The quantitative estimate of drug-likeness (QED) is 0.710. The van der Waals surface area contributed by atoms with E-state index in [-0.39, 0.29) is 24.2 Å². The Morgan fingerprint density at radius 3 is 2.65 bits per heavy atom. The van der Waals surface area contributed by atoms with E-state index in [0.717, 1.165) is 0 Å². The van der Waals surface area contributed by atoms with Crippen LogP contribution in [0.25, 0.3) is 0 Å². The largest absolute Gasteiger partial charge is 0.351 e. The first-order valence-electron chi connectivity index (χ1n) is 6.72. The lowest BCUT2D eigenvalue weighted by molar-refractivity contribution is -0.123. The molecule has 0 radical (unpaired) electrons. The minimum atomic E-state index is -0.408. The minimum absolute atomic E-state index is 0.0990. The van der Waals surface area contributed by atoms with Crippen molar-refractivity contribution in [3.63, 3.8) is 0 Å². The number of nitrogens with one attached hydrogen (secondary N) is 2. The number of amides is 2. The second-order valence-electron chi connectivity index (χ2n) is 5.31. The van der Waals surface area contributed by atoms with Crippen LogP contribution in [-0.2, 0) is 4.79 Å². The van der Waals surface area contributed by atoms with Crippen LogP contribution < -0.4 is 16.4 Å². The van der Waals surface area contributed by atoms with E-state index in [9.17, 15) is 9.59 Å². The van der Waals surface area contributed by atoms with Gasteiger partial charge in [0.2, 0.25) is 5.91 Å². The SMILES string of the molecule is CC(C)C(C)(CN)NC(=O)CCNC(=O)c1cccs1. The molecule has 5 nitrogen and oxygen atoms in total. The van der Waals surface area contributed by atoms with Gasteiger partial charge in [0, 0.05) is 19.5 Å². The van der Waals surface area contributed by atoms with Gasteiger partial charge >= 0.3 is 0 Å². The Bertz CT molecular complexity index is 445. The summed E-state index contributed by atoms with van der Waals surface area (Å²) in [6, 6.07) is 3.58. The third-order valence-corrected chi connectivity index (χ3v) is 4.37. The smallest absolute Gasteiger partial charge is 0.261 e. The molecule has 2 amide bonds. The molecular formula is C14H23N3O2S. The standard InChI is InChI=1S/C14H23N3O2S/c1-10(2)14(3,9-15)17-12(18)6-7-16-13(19)11-5-4-8-20-11/h4-5,8,10H,6-7,9,15H2,1-3H3,(H,16,19)(H,17,18). The molecule has 1 unspecified atom stereocenters. The van der Waals surface area contributed by atoms with Gasteiger partial charge in [0.25, 0.3) is 5.91 Å². The van der Waals surface area contributed by atoms with Crippen LogP contribution in [-0.4, -0.2) is 30.4 Å². The number of nitrogens with two attached hydrogens (primary N) is 1. The Hall–Kier alpha value is -1.40. The molecule has 6 heteroatoms. The first kappa shape index (κ1) is 16.7. The molecule has 1 atom stereocenters. The van der Waals surface area contributed by atoms with Crippen LogP contribution in [0.15, 0.2) is 17.5 Å². The fourth-order valence-corrected chi connectivity index (χ4v) is 2.24. The highest BCUT2D eigenvalue weighted by atomic mass is 32.1. The number of carbonyl (C=O) groups excluding carboxylic acids is 2. The van der Waals surface area contributed by atoms with Crippen molar-refractivity contribution in [3.05, 3.63) is 22.4 Å². The van der Waals surface area contributed by atoms with Crippen LogP contribution in [0.1, 0.15) is 36.9 Å². The van der Waals surface area contributed by atoms with Crippen molar-refractivity contribution in [2.75, 3.05) is 13.1 Å². The molecule has 0 aromatic carbocycles. The monoisotopic (exact) mass is 297 g/mol. The molecule has 0 spiro atoms. The third-order valence-electron chi connectivity index (χ3n) is 3.51. The molecule has 0 aliphatic rings. The van der Waals surface area contributed by atoms with E-state index in [1.165, 1.54) is 11.3 Å². The second kappa shape index (κ2) is 7.40. The predicted octanol–water partition coefficient (Wildman–Crippen LogP) is 1.36. The Morgan fingerprint density at radius 2 is 2.15 bits per heavy atom. The van der Waals surface area contributed by atoms with E-state index in [1.807, 2.05) is 32.2 Å². The first-order valence-corrected chi connectivity index (χ1v) is 7.60. The summed E-state index contributed by atoms with van der Waals surface area (Å²) in [6.07, 6.45) is 0.249. The maximum Gasteiger partial charge on any atom is 0.261 e. The Morgan fingerprint density at radius 1 is 1.45 bits per heavy atom. The molecule has 4 N–H and O–H groups in total. The summed E-state index contributed by atoms with van der Waals surface area (Å²) in [4.78, 5) is 24.2. The fraction of sp³-hybridized carbons (Fsp3) is 0.571. The van der Waals surface area contributed by atoms with E-state index < -0.39 is 5.54 Å². The molecule has 0 fully saturated rings. The zero-order valence-corrected chi connectivity index (χ0v) is 13.0. The summed E-state index contributed by atoms with van der Waals surface area (Å²) in [6.45, 7) is 6.68. The average molecular weight is 297 g/mol. The van der Waals surface area contributed by atoms with Gasteiger partial charge in [0.15, 0.2) is 0 Å². The second-order valence-corrected chi connectivity index (χ2v) is 6.26. The number of hydrogen-bond donors (Lipinski definition) is 3. The van der Waals surface area contributed by atoms with Crippen LogP contribution in [0, 0.1) is 5.92 Å². The van der Waals surface area contributed by atoms with Gasteiger partial charge in [-0.25, -0.2) is 0 Å². The van der Waals surface area contributed by atoms with Crippen molar-refractivity contribution >= 4 is 23.2 Å². The molecule has 0 aliphatic heterocycles. The summed E-state index contributed by atoms with van der Waals surface area (Å²) in [5.74, 6) is 0.00790. The van der Waals surface area contributed by atoms with E-state index in [2.05, 4.69) is 10.6 Å². The summed E-state index contributed by atoms with van der Waals surface area (Å²) < 4.78 is 0. The molecule has 1 aromatic rings. The third kappa shape index (κ3) is 4.61. The van der Waals surface area contributed by atoms with Gasteiger partial charge in [-0.05, 0) is 24.3 Å². The Kier molecular flexibility index (Phi) is 6.16. The van der Waals surface area contributed by atoms with Gasteiger partial charge in [-0.2, -0.15) is 0 Å². The highest BCUT2D eigenvalue weighted by Crippen LogP contribution is 2.14. The zero-order chi connectivity index (χ0) is 15.2. The van der Waals surface area contributed by atoms with Gasteiger partial charge in [0.05, 0.1) is 10.4 Å². The van der Waals surface area contributed by atoms with E-state index in [0.29, 0.717) is 18.0 Å². The molecular weight excluding hydrogens is 274 g/mol. The van der Waals surface area contributed by atoms with Gasteiger partial charge in [-0.1, -0.05) is 19.9 Å². The van der Waals surface area contributed by atoms with Crippen molar-refractivity contribution in [3.8, 4) is 0 Å². The predicted molar refractivity (Wildman–Crippen MR) is 81.7 cm³/mol. The summed E-state index contributed by atoms with van der Waals surface area (Å²) in [5.41, 5.74) is 5.31. The van der Waals surface area contributed by atoms with Gasteiger partial charge in [0.1, 0.15) is 0 Å². The highest BCUT2D eigenvalue weighted by molar-refractivity contribution is 7.12. The van der Waals surface area contributed by atoms with Crippen LogP contribution in [0.3, 0.4) is 0 Å². The molecule has 0 saturated carbocycles. The zero-order valence-electron chi connectivity index (χ0n) is 12.2. The van der Waals surface area contributed by atoms with Crippen LogP contribution >= 0.6 is 11.3 Å². The van der Waals surface area contributed by atoms with Crippen LogP contribution in [0.2, 0.25) is 0 Å². The van der Waals surface area contributed by atoms with Crippen molar-refractivity contribution in [2.24, 2.45) is 11.7 Å². The number of hydrogen-bond acceptors (Lipinski definition) is 4. The fourth-order valence-electron chi connectivity index (χ4n) is 1.60. The Balaban J connectivity index is 2.35. The van der Waals surface area contributed by atoms with Crippen molar-refractivity contribution < 1.29 is 9.59 Å². The minimum Gasteiger partial charge on any atom is -0.351 e. The van der Waals surface area contributed by atoms with Gasteiger partial charge in [-0.15, -0.1) is 11.3 Å². The maximum atomic E-state index is 11.9. The molecule has 0 saturated heterocycles. The molecule has 0 aliphatic carbocycles. The van der Waals surface area contributed by atoms with Crippen LogP contribution in [0.5, 0.6) is 0 Å². The normalized spacial score (nSPS) is 13.8. The Labute approximate surface area is 123 Å². The number of rotatable bonds is 7. The van der Waals surface area contributed by atoms with Gasteiger partial charge < -0.3 is 16.4 Å². The highest BCUT2D eigenvalue weighted by Gasteiger charge is 2.28. The molecule has 1 rings (SSSR count). The summed E-state index contributed by atoms with van der Waals surface area (Å²) >= 11 is 1.38. The lowest BCUT2D eigenvalue weighted by atomic mass is 9.88. The van der Waals surface area contributed by atoms with Crippen molar-refractivity contribution in [1.82, 2.24) is 10.6 Å². The van der Waals surface area contributed by atoms with Crippen molar-refractivity contribution in [1.29, 1.82) is 0 Å². The molecule has 0 bridgehead atoms. The molecule has 20 heavy (non-hydrogen) atoms. The first-order chi connectivity index (χ1) is 9.39. The van der Waals surface area contributed by atoms with Crippen molar-refractivity contribution in [2.45, 2.75) is 32.7 Å². The number of thiophene rings is 1. The summed E-state index contributed by atoms with van der Waals surface area (Å²) in [5, 5.41) is 7.51. The van der Waals surface area contributed by atoms with Gasteiger partial charge in [-0.3, -0.25) is 9.59 Å². The maximum absolute atomic E-state index is 11.9. The molecule has 1 aromatic heterocycles. The lowest BCUT2D eigenvalue weighted by Gasteiger charge is -2.33. The topological polar surface area (TPSA) is 84.2 Å². The average Bonchev–Trinajstić information content (AvgIpc) is 2.92. The van der Waals surface area contributed by atoms with Crippen LogP contribution in [0.4, 0.5) is 0 Å². The molecule has 112 valence electrons. The van der Waals surface area contributed by atoms with E-state index in [1.54, 1.807) is 6.07 Å². The van der Waals surface area contributed by atoms with E-state index in [4.69, 9.17) is 5.73 Å². The van der Waals surface area contributed by atoms with E-state index >= 15 is 0 Å². The molecule has 1 heterocycles. The number of carbonyl (C=O) groups is 2. The summed E-state index contributed by atoms with van der Waals surface area (Å²) in [7, 11) is 0.